The number of fused-ring (bicyclic) bond motifs is 1. The molecule has 0 amide bonds. The lowest BCUT2D eigenvalue weighted by molar-refractivity contribution is -0.252. The minimum atomic E-state index is -1.53. The van der Waals surface area contributed by atoms with Gasteiger partial charge in [-0.3, -0.25) is 0 Å². The molecule has 0 saturated carbocycles. The summed E-state index contributed by atoms with van der Waals surface area (Å²) in [6, 6.07) is 5.68. The van der Waals surface area contributed by atoms with Crippen molar-refractivity contribution < 1.29 is 29.6 Å². The molecule has 1 aliphatic heterocycles. The predicted molar refractivity (Wildman–Crippen MR) is 103 cm³/mol. The summed E-state index contributed by atoms with van der Waals surface area (Å²) in [6.07, 6.45) is -1.96. The number of nitriles is 1. The molecule has 2 aliphatic rings. The largest absolute Gasteiger partial charge is 0.464 e. The summed E-state index contributed by atoms with van der Waals surface area (Å²) in [5.41, 5.74) is 2.58. The molecule has 1 aliphatic carbocycles. The van der Waals surface area contributed by atoms with E-state index >= 15 is 0 Å². The van der Waals surface area contributed by atoms with Crippen molar-refractivity contribution in [3.8, 4) is 17.4 Å². The van der Waals surface area contributed by atoms with E-state index in [1.165, 1.54) is 6.26 Å². The summed E-state index contributed by atoms with van der Waals surface area (Å²) in [6.45, 7) is -0.535. The van der Waals surface area contributed by atoms with E-state index in [1.807, 2.05) is 0 Å². The summed E-state index contributed by atoms with van der Waals surface area (Å²) in [5, 5.41) is 50.4. The summed E-state index contributed by atoms with van der Waals surface area (Å²) >= 11 is 5.62. The zero-order valence-corrected chi connectivity index (χ0v) is 16.4. The van der Waals surface area contributed by atoms with Gasteiger partial charge < -0.3 is 34.1 Å². The monoisotopic (exact) mass is 418 g/mol. The Morgan fingerprint density at radius 1 is 1.17 bits per heavy atom. The number of hydrogen-bond acceptors (Lipinski definition) is 8. The number of aliphatic hydroxyl groups is 4. The van der Waals surface area contributed by atoms with Crippen LogP contribution in [-0.2, 0) is 17.6 Å². The molecule has 0 bridgehead atoms. The van der Waals surface area contributed by atoms with Crippen LogP contribution in [0.25, 0.3) is 11.3 Å². The first-order chi connectivity index (χ1) is 14.0. The van der Waals surface area contributed by atoms with Crippen LogP contribution in [0.3, 0.4) is 0 Å². The number of nitrogens with zero attached hydrogens (tertiary/aromatic N) is 2. The van der Waals surface area contributed by atoms with Crippen molar-refractivity contribution in [3.63, 3.8) is 0 Å². The van der Waals surface area contributed by atoms with Crippen LogP contribution in [0.15, 0.2) is 22.8 Å². The van der Waals surface area contributed by atoms with E-state index in [-0.39, 0.29) is 10.2 Å². The Balaban J connectivity index is 1.96. The van der Waals surface area contributed by atoms with Crippen LogP contribution in [0.1, 0.15) is 35.9 Å². The molecule has 5 atom stereocenters. The molecular formula is C20H22N2O6S. The Labute approximate surface area is 172 Å². The van der Waals surface area contributed by atoms with E-state index in [9.17, 15) is 25.7 Å². The van der Waals surface area contributed by atoms with Gasteiger partial charge in [-0.25, -0.2) is 0 Å². The number of furan rings is 1. The SMILES string of the molecule is N#Cc1c(-c2ccco2)c2c(n([C@@H]3O[C@@H](CO)[C@@H](O)[C@@H](O)[C@H]3O)c1=S)CCCC2. The van der Waals surface area contributed by atoms with Gasteiger partial charge in [0.1, 0.15) is 40.9 Å². The second-order valence-electron chi connectivity index (χ2n) is 7.37. The maximum Gasteiger partial charge on any atom is 0.164 e. The van der Waals surface area contributed by atoms with E-state index in [0.29, 0.717) is 24.2 Å². The molecular weight excluding hydrogens is 396 g/mol. The zero-order valence-electron chi connectivity index (χ0n) is 15.6. The molecule has 2 aromatic rings. The van der Waals surface area contributed by atoms with Crippen LogP contribution >= 0.6 is 12.2 Å². The molecule has 4 rings (SSSR count). The molecule has 4 N–H and O–H groups in total. The standard InChI is InChI=1S/C20H22N2O6S/c21-8-11-15(13-6-3-7-27-13)10-4-1-2-5-12(10)22(20(11)29)19-18(26)17(25)16(24)14(9-23)28-19/h3,6-7,14,16-19,23-26H,1-2,4-5,9H2/t14-,16+,17+,18+,19+/m0/s1. The first-order valence-electron chi connectivity index (χ1n) is 9.54. The van der Waals surface area contributed by atoms with Crippen LogP contribution in [-0.4, -0.2) is 56.0 Å². The van der Waals surface area contributed by atoms with Gasteiger partial charge in [-0.05, 0) is 43.4 Å². The topological polar surface area (TPSA) is 132 Å². The molecule has 8 nitrogen and oxygen atoms in total. The van der Waals surface area contributed by atoms with Crippen LogP contribution in [0.2, 0.25) is 0 Å². The average molecular weight is 418 g/mol. The van der Waals surface area contributed by atoms with Crippen LogP contribution < -0.4 is 0 Å². The van der Waals surface area contributed by atoms with E-state index in [4.69, 9.17) is 21.4 Å². The van der Waals surface area contributed by atoms with Crippen LogP contribution in [0, 0.1) is 16.0 Å². The van der Waals surface area contributed by atoms with Crippen molar-refractivity contribution in [2.45, 2.75) is 56.3 Å². The molecule has 0 radical (unpaired) electrons. The quantitative estimate of drug-likeness (QED) is 0.547. The number of aliphatic hydroxyl groups excluding tert-OH is 4. The van der Waals surface area contributed by atoms with Crippen LogP contribution in [0.5, 0.6) is 0 Å². The van der Waals surface area contributed by atoms with Gasteiger partial charge in [0, 0.05) is 11.3 Å². The van der Waals surface area contributed by atoms with Crippen molar-refractivity contribution in [1.82, 2.24) is 4.57 Å². The molecule has 154 valence electrons. The number of pyridine rings is 1. The third-order valence-corrected chi connectivity index (χ3v) is 6.12. The molecule has 3 heterocycles. The van der Waals surface area contributed by atoms with Crippen molar-refractivity contribution in [3.05, 3.63) is 39.9 Å². The van der Waals surface area contributed by atoms with Gasteiger partial charge in [0.2, 0.25) is 0 Å². The van der Waals surface area contributed by atoms with Crippen molar-refractivity contribution in [2.75, 3.05) is 6.61 Å². The minimum absolute atomic E-state index is 0.156. The van der Waals surface area contributed by atoms with E-state index in [1.54, 1.807) is 16.7 Å². The predicted octanol–water partition coefficient (Wildman–Crippen LogP) is 1.20. The Bertz CT molecular complexity index is 994. The third-order valence-electron chi connectivity index (χ3n) is 5.71. The number of aromatic nitrogens is 1. The number of ether oxygens (including phenoxy) is 1. The minimum Gasteiger partial charge on any atom is -0.464 e. The molecule has 29 heavy (non-hydrogen) atoms. The van der Waals surface area contributed by atoms with Gasteiger partial charge in [-0.15, -0.1) is 0 Å². The van der Waals surface area contributed by atoms with E-state index in [2.05, 4.69) is 6.07 Å². The number of hydrogen-bond donors (Lipinski definition) is 4. The van der Waals surface area contributed by atoms with Gasteiger partial charge in [-0.1, -0.05) is 12.2 Å². The molecule has 0 unspecified atom stereocenters. The van der Waals surface area contributed by atoms with Gasteiger partial charge in [0.15, 0.2) is 6.23 Å². The second-order valence-corrected chi connectivity index (χ2v) is 7.75. The van der Waals surface area contributed by atoms with Crippen molar-refractivity contribution >= 4 is 12.2 Å². The third kappa shape index (κ3) is 3.22. The molecule has 2 aromatic heterocycles. The lowest BCUT2D eigenvalue weighted by Crippen LogP contribution is -2.57. The highest BCUT2D eigenvalue weighted by atomic mass is 32.1. The van der Waals surface area contributed by atoms with E-state index in [0.717, 1.165) is 24.1 Å². The first-order valence-corrected chi connectivity index (χ1v) is 9.95. The van der Waals surface area contributed by atoms with Gasteiger partial charge >= 0.3 is 0 Å². The highest BCUT2D eigenvalue weighted by Gasteiger charge is 2.45. The van der Waals surface area contributed by atoms with Crippen LogP contribution in [0.4, 0.5) is 0 Å². The zero-order chi connectivity index (χ0) is 20.7. The van der Waals surface area contributed by atoms with Crippen molar-refractivity contribution in [1.29, 1.82) is 5.26 Å². The molecule has 1 fully saturated rings. The fourth-order valence-electron chi connectivity index (χ4n) is 4.29. The molecule has 9 heteroatoms. The van der Waals surface area contributed by atoms with Gasteiger partial charge in [-0.2, -0.15) is 5.26 Å². The van der Waals surface area contributed by atoms with Crippen molar-refractivity contribution in [2.24, 2.45) is 0 Å². The summed E-state index contributed by atoms with van der Waals surface area (Å²) < 4.78 is 13.0. The lowest BCUT2D eigenvalue weighted by Gasteiger charge is -2.42. The first kappa shape index (κ1) is 20.2. The maximum atomic E-state index is 10.6. The highest BCUT2D eigenvalue weighted by Crippen LogP contribution is 2.39. The maximum absolute atomic E-state index is 10.6. The Morgan fingerprint density at radius 3 is 2.59 bits per heavy atom. The fraction of sp³-hybridized carbons (Fsp3) is 0.500. The Kier molecular flexibility index (Phi) is 5.57. The Morgan fingerprint density at radius 2 is 1.93 bits per heavy atom. The average Bonchev–Trinajstić information content (AvgIpc) is 3.26. The summed E-state index contributed by atoms with van der Waals surface area (Å²) in [7, 11) is 0. The smallest absolute Gasteiger partial charge is 0.164 e. The highest BCUT2D eigenvalue weighted by molar-refractivity contribution is 7.71. The fourth-order valence-corrected chi connectivity index (χ4v) is 4.65. The molecule has 0 spiro atoms. The second kappa shape index (κ2) is 7.99. The van der Waals surface area contributed by atoms with Gasteiger partial charge in [0.25, 0.3) is 0 Å². The van der Waals surface area contributed by atoms with Gasteiger partial charge in [0.05, 0.1) is 18.4 Å². The Hall–Kier alpha value is -2.06. The molecule has 0 aromatic carbocycles. The van der Waals surface area contributed by atoms with E-state index < -0.39 is 37.3 Å². The summed E-state index contributed by atoms with van der Waals surface area (Å²) in [4.78, 5) is 0. The summed E-state index contributed by atoms with van der Waals surface area (Å²) in [5.74, 6) is 0.548. The number of rotatable bonds is 3. The molecule has 1 saturated heterocycles. The lowest BCUT2D eigenvalue weighted by atomic mass is 9.88. The normalized spacial score (nSPS) is 29.3.